The van der Waals surface area contributed by atoms with Gasteiger partial charge in [-0.25, -0.2) is 4.98 Å². The molecule has 1 heterocycles. The minimum Gasteiger partial charge on any atom is -0.314 e. The molecule has 0 radical (unpaired) electrons. The fourth-order valence-electron chi connectivity index (χ4n) is 2.27. The molecule has 0 fully saturated rings. The summed E-state index contributed by atoms with van der Waals surface area (Å²) in [6.45, 7) is 2.82. The average Bonchev–Trinajstić information content (AvgIpc) is 2.80. The van der Waals surface area contributed by atoms with Crippen molar-refractivity contribution in [3.63, 3.8) is 0 Å². The maximum Gasteiger partial charge on any atom is 0.169 e. The van der Waals surface area contributed by atoms with E-state index in [4.69, 9.17) is 28.2 Å². The van der Waals surface area contributed by atoms with E-state index in [1.54, 1.807) is 17.8 Å². The molecule has 0 N–H and O–H groups in total. The van der Waals surface area contributed by atoms with Crippen LogP contribution in [0, 0.1) is 0 Å². The highest BCUT2D eigenvalue weighted by atomic mass is 35.5. The lowest BCUT2D eigenvalue weighted by molar-refractivity contribution is 0.731. The van der Waals surface area contributed by atoms with E-state index in [2.05, 4.69) is 17.6 Å². The zero-order valence-corrected chi connectivity index (χ0v) is 13.8. The smallest absolute Gasteiger partial charge is 0.169 e. The largest absolute Gasteiger partial charge is 0.314 e. The Morgan fingerprint density at radius 3 is 2.71 bits per heavy atom. The third-order valence-electron chi connectivity index (χ3n) is 3.24. The SMILES string of the molecule is CCSc1nc2ccccc2n1Cc1ccc(Cl)cc1Cl. The molecule has 2 nitrogen and oxygen atoms in total. The minimum atomic E-state index is 0.655. The van der Waals surface area contributed by atoms with Crippen LogP contribution in [0.25, 0.3) is 11.0 Å². The van der Waals surface area contributed by atoms with Gasteiger partial charge >= 0.3 is 0 Å². The van der Waals surface area contributed by atoms with Crippen LogP contribution in [0.5, 0.6) is 0 Å². The first-order chi connectivity index (χ1) is 10.2. The van der Waals surface area contributed by atoms with Gasteiger partial charge in [0, 0.05) is 10.0 Å². The van der Waals surface area contributed by atoms with E-state index >= 15 is 0 Å². The van der Waals surface area contributed by atoms with Gasteiger partial charge in [-0.15, -0.1) is 0 Å². The summed E-state index contributed by atoms with van der Waals surface area (Å²) in [6, 6.07) is 13.8. The highest BCUT2D eigenvalue weighted by Crippen LogP contribution is 2.28. The van der Waals surface area contributed by atoms with Gasteiger partial charge in [-0.3, -0.25) is 0 Å². The number of aromatic nitrogens is 2. The number of fused-ring (bicyclic) bond motifs is 1. The van der Waals surface area contributed by atoms with Crippen LogP contribution in [0.15, 0.2) is 47.6 Å². The van der Waals surface area contributed by atoms with Gasteiger partial charge in [-0.1, -0.05) is 60.1 Å². The second kappa shape index (κ2) is 6.30. The van der Waals surface area contributed by atoms with Crippen LogP contribution in [0.1, 0.15) is 12.5 Å². The number of thioether (sulfide) groups is 1. The summed E-state index contributed by atoms with van der Waals surface area (Å²) in [5, 5.41) is 2.36. The molecule has 0 aliphatic heterocycles. The second-order valence-electron chi connectivity index (χ2n) is 4.64. The van der Waals surface area contributed by atoms with Gasteiger partial charge in [0.25, 0.3) is 0 Å². The second-order valence-corrected chi connectivity index (χ2v) is 6.71. The monoisotopic (exact) mass is 336 g/mol. The van der Waals surface area contributed by atoms with Crippen LogP contribution in [0.3, 0.4) is 0 Å². The summed E-state index contributed by atoms with van der Waals surface area (Å²) >= 11 is 14.0. The quantitative estimate of drug-likeness (QED) is 0.585. The molecule has 0 atom stereocenters. The molecule has 0 amide bonds. The maximum absolute atomic E-state index is 6.30. The normalized spacial score (nSPS) is 11.2. The molecule has 21 heavy (non-hydrogen) atoms. The lowest BCUT2D eigenvalue weighted by Crippen LogP contribution is -2.02. The molecule has 0 unspecified atom stereocenters. The number of nitrogens with zero attached hydrogens (tertiary/aromatic N) is 2. The number of rotatable bonds is 4. The topological polar surface area (TPSA) is 17.8 Å². The molecule has 0 aliphatic carbocycles. The molecule has 1 aromatic heterocycles. The van der Waals surface area contributed by atoms with Crippen molar-refractivity contribution < 1.29 is 0 Å². The van der Waals surface area contributed by atoms with Gasteiger partial charge in [0.2, 0.25) is 0 Å². The van der Waals surface area contributed by atoms with Crippen LogP contribution in [-0.2, 0) is 6.54 Å². The first-order valence-electron chi connectivity index (χ1n) is 6.71. The van der Waals surface area contributed by atoms with Crippen LogP contribution in [-0.4, -0.2) is 15.3 Å². The first-order valence-corrected chi connectivity index (χ1v) is 8.45. The predicted molar refractivity (Wildman–Crippen MR) is 91.7 cm³/mol. The van der Waals surface area contributed by atoms with E-state index in [1.165, 1.54) is 0 Å². The Labute approximate surface area is 138 Å². The third-order valence-corrected chi connectivity index (χ3v) is 4.68. The Morgan fingerprint density at radius 2 is 1.95 bits per heavy atom. The Morgan fingerprint density at radius 1 is 1.14 bits per heavy atom. The lowest BCUT2D eigenvalue weighted by atomic mass is 10.2. The van der Waals surface area contributed by atoms with Crippen molar-refractivity contribution in [3.05, 3.63) is 58.1 Å². The maximum atomic E-state index is 6.30. The molecular formula is C16H14Cl2N2S. The van der Waals surface area contributed by atoms with E-state index < -0.39 is 0 Å². The first kappa shape index (κ1) is 14.8. The van der Waals surface area contributed by atoms with Gasteiger partial charge in [0.15, 0.2) is 5.16 Å². The fourth-order valence-corrected chi connectivity index (χ4v) is 3.47. The molecule has 108 valence electrons. The number of benzene rings is 2. The zero-order valence-electron chi connectivity index (χ0n) is 11.5. The Hall–Kier alpha value is -1.16. The van der Waals surface area contributed by atoms with Crippen molar-refractivity contribution in [1.82, 2.24) is 9.55 Å². The van der Waals surface area contributed by atoms with E-state index in [0.717, 1.165) is 27.5 Å². The van der Waals surface area contributed by atoms with Crippen LogP contribution in [0.4, 0.5) is 0 Å². The third kappa shape index (κ3) is 3.05. The molecule has 5 heteroatoms. The van der Waals surface area contributed by atoms with E-state index in [-0.39, 0.29) is 0 Å². The fraction of sp³-hybridized carbons (Fsp3) is 0.188. The lowest BCUT2D eigenvalue weighted by Gasteiger charge is -2.10. The molecule has 0 bridgehead atoms. The standard InChI is InChI=1S/C16H14Cl2N2S/c1-2-21-16-19-14-5-3-4-6-15(14)20(16)10-11-7-8-12(17)9-13(11)18/h3-9H,2,10H2,1H3. The number of hydrogen-bond acceptors (Lipinski definition) is 2. The van der Waals surface area contributed by atoms with E-state index in [0.29, 0.717) is 16.6 Å². The number of hydrogen-bond donors (Lipinski definition) is 0. The number of para-hydroxylation sites is 2. The molecule has 3 rings (SSSR count). The van der Waals surface area contributed by atoms with Crippen molar-refractivity contribution in [2.45, 2.75) is 18.6 Å². The highest BCUT2D eigenvalue weighted by molar-refractivity contribution is 7.99. The van der Waals surface area contributed by atoms with Crippen molar-refractivity contribution in [3.8, 4) is 0 Å². The zero-order chi connectivity index (χ0) is 14.8. The van der Waals surface area contributed by atoms with Crippen LogP contribution < -0.4 is 0 Å². The molecule has 0 spiro atoms. The van der Waals surface area contributed by atoms with Gasteiger partial charge in [0.1, 0.15) is 0 Å². The number of halogens is 2. The highest BCUT2D eigenvalue weighted by Gasteiger charge is 2.12. The molecule has 2 aromatic carbocycles. The Bertz CT molecular complexity index is 783. The van der Waals surface area contributed by atoms with Gasteiger partial charge in [-0.2, -0.15) is 0 Å². The summed E-state index contributed by atoms with van der Waals surface area (Å²) in [6.07, 6.45) is 0. The van der Waals surface area contributed by atoms with Crippen molar-refractivity contribution in [2.75, 3.05) is 5.75 Å². The molecule has 3 aromatic rings. The predicted octanol–water partition coefficient (Wildman–Crippen LogP) is 5.50. The Balaban J connectivity index is 2.07. The van der Waals surface area contributed by atoms with Gasteiger partial charge in [-0.05, 0) is 35.6 Å². The minimum absolute atomic E-state index is 0.655. The van der Waals surface area contributed by atoms with E-state index in [9.17, 15) is 0 Å². The van der Waals surface area contributed by atoms with Crippen LogP contribution >= 0.6 is 35.0 Å². The molecular weight excluding hydrogens is 323 g/mol. The van der Waals surface area contributed by atoms with Crippen LogP contribution in [0.2, 0.25) is 10.0 Å². The molecule has 0 aliphatic rings. The average molecular weight is 337 g/mol. The molecule has 0 saturated heterocycles. The van der Waals surface area contributed by atoms with Gasteiger partial charge in [0.05, 0.1) is 17.6 Å². The summed E-state index contributed by atoms with van der Waals surface area (Å²) in [4.78, 5) is 4.70. The summed E-state index contributed by atoms with van der Waals surface area (Å²) in [5.41, 5.74) is 3.18. The summed E-state index contributed by atoms with van der Waals surface area (Å²) in [5.74, 6) is 0.984. The number of imidazole rings is 1. The summed E-state index contributed by atoms with van der Waals surface area (Å²) < 4.78 is 2.21. The Kier molecular flexibility index (Phi) is 4.43. The summed E-state index contributed by atoms with van der Waals surface area (Å²) in [7, 11) is 0. The molecule has 0 saturated carbocycles. The van der Waals surface area contributed by atoms with Crippen molar-refractivity contribution in [2.24, 2.45) is 0 Å². The van der Waals surface area contributed by atoms with Crippen molar-refractivity contribution >= 4 is 46.0 Å². The van der Waals surface area contributed by atoms with Gasteiger partial charge < -0.3 is 4.57 Å². The van der Waals surface area contributed by atoms with E-state index in [1.807, 2.05) is 30.3 Å². The van der Waals surface area contributed by atoms with Crippen molar-refractivity contribution in [1.29, 1.82) is 0 Å².